The molecule has 50 heavy (non-hydrogen) atoms. The molecule has 0 heterocycles. The van der Waals surface area contributed by atoms with Crippen LogP contribution in [0.3, 0.4) is 0 Å². The highest BCUT2D eigenvalue weighted by Gasteiger charge is 2.25. The highest BCUT2D eigenvalue weighted by atomic mass is 16.6. The van der Waals surface area contributed by atoms with E-state index in [0.29, 0.717) is 0 Å². The Morgan fingerprint density at radius 3 is 1.22 bits per heavy atom. The first-order valence-corrected chi connectivity index (χ1v) is 14.4. The number of hydrogen-bond acceptors (Lipinski definition) is 13. The molecular weight excluding hydrogens is 664 g/mol. The highest BCUT2D eigenvalue weighted by molar-refractivity contribution is 6.14. The van der Waals surface area contributed by atoms with Crippen molar-refractivity contribution in [3.8, 4) is 0 Å². The van der Waals surface area contributed by atoms with Crippen molar-refractivity contribution >= 4 is 53.4 Å². The number of esters is 4. The topological polar surface area (TPSA) is 255 Å². The monoisotopic (exact) mass is 696 g/mol. The quantitative estimate of drug-likeness (QED) is 0.0559. The van der Waals surface area contributed by atoms with Crippen LogP contribution in [0.15, 0.2) is 60.7 Å². The SMILES string of the molecule is C=C(C)C(=O)OCCOC(=O)c1cc(C(=O)c2ccc(C(=O)NCC(=O)O)c(C(=O)OCCOC(=O)C(=C)C)c2)ccc1C(=O)NCC(=O)O. The van der Waals surface area contributed by atoms with Crippen molar-refractivity contribution in [1.29, 1.82) is 0 Å². The smallest absolute Gasteiger partial charge is 0.339 e. The number of hydrogen-bond donors (Lipinski definition) is 4. The summed E-state index contributed by atoms with van der Waals surface area (Å²) in [5.41, 5.74) is -1.95. The first-order valence-electron chi connectivity index (χ1n) is 14.4. The van der Waals surface area contributed by atoms with Gasteiger partial charge in [-0.3, -0.25) is 24.0 Å². The molecular formula is C33H32N2O15. The van der Waals surface area contributed by atoms with Crippen LogP contribution in [0.25, 0.3) is 0 Å². The van der Waals surface area contributed by atoms with E-state index in [1.54, 1.807) is 0 Å². The zero-order valence-corrected chi connectivity index (χ0v) is 26.8. The summed E-state index contributed by atoms with van der Waals surface area (Å²) in [6, 6.07) is 6.31. The number of aliphatic carboxylic acids is 2. The average molecular weight is 697 g/mol. The van der Waals surface area contributed by atoms with E-state index in [1.165, 1.54) is 13.8 Å². The zero-order chi connectivity index (χ0) is 37.5. The van der Waals surface area contributed by atoms with Gasteiger partial charge in [0.05, 0.1) is 22.3 Å². The molecule has 2 aromatic rings. The van der Waals surface area contributed by atoms with Crippen LogP contribution < -0.4 is 10.6 Å². The number of amides is 2. The molecule has 0 saturated heterocycles. The molecule has 2 aromatic carbocycles. The summed E-state index contributed by atoms with van der Waals surface area (Å²) < 4.78 is 19.9. The predicted molar refractivity (Wildman–Crippen MR) is 168 cm³/mol. The van der Waals surface area contributed by atoms with Gasteiger partial charge in [0.2, 0.25) is 0 Å². The largest absolute Gasteiger partial charge is 0.480 e. The lowest BCUT2D eigenvalue weighted by Crippen LogP contribution is -2.31. The van der Waals surface area contributed by atoms with Crippen molar-refractivity contribution in [3.05, 3.63) is 94.1 Å². The fourth-order valence-electron chi connectivity index (χ4n) is 3.71. The molecule has 0 aliphatic rings. The number of nitrogens with one attached hydrogen (secondary N) is 2. The predicted octanol–water partition coefficient (Wildman–Crippen LogP) is 1.10. The third-order valence-corrected chi connectivity index (χ3v) is 6.09. The van der Waals surface area contributed by atoms with E-state index in [9.17, 15) is 43.2 Å². The summed E-state index contributed by atoms with van der Waals surface area (Å²) in [5, 5.41) is 22.0. The fraction of sp³-hybridized carbons (Fsp3) is 0.242. The van der Waals surface area contributed by atoms with Crippen LogP contribution in [0.4, 0.5) is 0 Å². The Kier molecular flexibility index (Phi) is 14.7. The summed E-state index contributed by atoms with van der Waals surface area (Å²) in [5.74, 6) is -9.38. The maximum atomic E-state index is 13.6. The van der Waals surface area contributed by atoms with Crippen molar-refractivity contribution in [3.63, 3.8) is 0 Å². The number of carbonyl (C=O) groups excluding carboxylic acids is 7. The van der Waals surface area contributed by atoms with Crippen molar-refractivity contribution in [2.45, 2.75) is 13.8 Å². The van der Waals surface area contributed by atoms with Crippen LogP contribution in [0, 0.1) is 0 Å². The fourth-order valence-corrected chi connectivity index (χ4v) is 3.71. The lowest BCUT2D eigenvalue weighted by molar-refractivity contribution is -0.140. The van der Waals surface area contributed by atoms with Gasteiger partial charge >= 0.3 is 35.8 Å². The Morgan fingerprint density at radius 1 is 0.560 bits per heavy atom. The van der Waals surface area contributed by atoms with E-state index in [4.69, 9.17) is 29.2 Å². The van der Waals surface area contributed by atoms with E-state index < -0.39 is 90.8 Å². The number of benzene rings is 2. The molecule has 2 amide bonds. The van der Waals surface area contributed by atoms with Crippen LogP contribution >= 0.6 is 0 Å². The lowest BCUT2D eigenvalue weighted by Gasteiger charge is -2.13. The molecule has 0 unspecified atom stereocenters. The third-order valence-electron chi connectivity index (χ3n) is 6.09. The molecule has 0 fully saturated rings. The normalized spacial score (nSPS) is 10.1. The van der Waals surface area contributed by atoms with Gasteiger partial charge in [-0.15, -0.1) is 0 Å². The third kappa shape index (κ3) is 11.9. The van der Waals surface area contributed by atoms with Gasteiger partial charge in [-0.25, -0.2) is 19.2 Å². The molecule has 0 bridgehead atoms. The Balaban J connectivity index is 2.46. The average Bonchev–Trinajstić information content (AvgIpc) is 3.08. The first-order chi connectivity index (χ1) is 23.5. The Morgan fingerprint density at radius 2 is 0.900 bits per heavy atom. The molecule has 0 radical (unpaired) electrons. The molecule has 17 heteroatoms. The summed E-state index contributed by atoms with van der Waals surface area (Å²) in [6.45, 7) is 6.35. The maximum absolute atomic E-state index is 13.6. The number of carboxylic acid groups (broad SMARTS) is 2. The maximum Gasteiger partial charge on any atom is 0.339 e. The Bertz CT molecular complexity index is 1630. The van der Waals surface area contributed by atoms with Crippen molar-refractivity contribution in [2.75, 3.05) is 39.5 Å². The van der Waals surface area contributed by atoms with Gasteiger partial charge in [-0.2, -0.15) is 0 Å². The van der Waals surface area contributed by atoms with Gasteiger partial charge in [0, 0.05) is 22.3 Å². The van der Waals surface area contributed by atoms with Gasteiger partial charge in [0.15, 0.2) is 5.78 Å². The van der Waals surface area contributed by atoms with Gasteiger partial charge in [-0.05, 0) is 38.1 Å². The highest BCUT2D eigenvalue weighted by Crippen LogP contribution is 2.21. The van der Waals surface area contributed by atoms with Gasteiger partial charge in [-0.1, -0.05) is 25.3 Å². The van der Waals surface area contributed by atoms with Crippen LogP contribution in [0.2, 0.25) is 0 Å². The number of carbonyl (C=O) groups is 9. The van der Waals surface area contributed by atoms with Crippen LogP contribution in [-0.2, 0) is 38.1 Å². The molecule has 0 aliphatic carbocycles. The molecule has 0 atom stereocenters. The Hall–Kier alpha value is -6.65. The minimum absolute atomic E-state index is 0.0920. The van der Waals surface area contributed by atoms with Crippen LogP contribution in [0.1, 0.15) is 71.2 Å². The molecule has 0 spiro atoms. The first kappa shape index (κ1) is 39.5. The summed E-state index contributed by atoms with van der Waals surface area (Å²) in [4.78, 5) is 110. The second kappa shape index (κ2) is 18.6. The molecule has 0 aliphatic heterocycles. The number of ketones is 1. The summed E-state index contributed by atoms with van der Waals surface area (Å²) in [7, 11) is 0. The van der Waals surface area contributed by atoms with Gasteiger partial charge in [0.1, 0.15) is 39.5 Å². The minimum atomic E-state index is -1.38. The number of carboxylic acids is 2. The molecule has 2 rings (SSSR count). The van der Waals surface area contributed by atoms with E-state index >= 15 is 0 Å². The summed E-state index contributed by atoms with van der Waals surface area (Å²) in [6.07, 6.45) is 0. The van der Waals surface area contributed by atoms with Gasteiger partial charge in [0.25, 0.3) is 11.8 Å². The minimum Gasteiger partial charge on any atom is -0.480 e. The molecule has 0 aromatic heterocycles. The molecule has 264 valence electrons. The van der Waals surface area contributed by atoms with Crippen molar-refractivity contribution in [1.82, 2.24) is 10.6 Å². The second-order valence-electron chi connectivity index (χ2n) is 10.1. The standard InChI is InChI=1S/C33H32N2O15/c1-17(2)30(43)47-9-11-49-32(45)23-13-19(5-7-21(23)28(41)34-15-25(36)37)27(40)20-6-8-22(29(42)35-16-26(38)39)24(14-20)33(46)50-12-10-48-31(44)18(3)4/h5-8,13-14H,1,3,9-12,15-16H2,2,4H3,(H,34,41)(H,35,42)(H,36,37)(H,38,39). The molecule has 17 nitrogen and oxygen atoms in total. The van der Waals surface area contributed by atoms with E-state index in [-0.39, 0.29) is 46.6 Å². The van der Waals surface area contributed by atoms with E-state index in [1.807, 2.05) is 0 Å². The molecule has 4 N–H and O–H groups in total. The van der Waals surface area contributed by atoms with Crippen LogP contribution in [0.5, 0.6) is 0 Å². The van der Waals surface area contributed by atoms with E-state index in [2.05, 4.69) is 23.8 Å². The second-order valence-corrected chi connectivity index (χ2v) is 10.1. The van der Waals surface area contributed by atoms with E-state index in [0.717, 1.165) is 36.4 Å². The molecule has 0 saturated carbocycles. The van der Waals surface area contributed by atoms with Crippen molar-refractivity contribution < 1.29 is 72.3 Å². The Labute approximate surface area is 283 Å². The van der Waals surface area contributed by atoms with Crippen LogP contribution in [-0.4, -0.2) is 103 Å². The van der Waals surface area contributed by atoms with Gasteiger partial charge < -0.3 is 39.8 Å². The zero-order valence-electron chi connectivity index (χ0n) is 26.8. The number of ether oxygens (including phenoxy) is 4. The van der Waals surface area contributed by atoms with Crippen molar-refractivity contribution in [2.24, 2.45) is 0 Å². The number of rotatable bonds is 18. The summed E-state index contributed by atoms with van der Waals surface area (Å²) >= 11 is 0. The lowest BCUT2D eigenvalue weighted by atomic mass is 9.95.